The zero-order valence-corrected chi connectivity index (χ0v) is 11.5. The fourth-order valence-corrected chi connectivity index (χ4v) is 2.62. The van der Waals surface area contributed by atoms with Crippen LogP contribution < -0.4 is 10.1 Å². The van der Waals surface area contributed by atoms with Crippen molar-refractivity contribution >= 4 is 29.3 Å². The first-order chi connectivity index (χ1) is 9.19. The third-order valence-electron chi connectivity index (χ3n) is 2.61. The second-order valence-electron chi connectivity index (χ2n) is 4.07. The van der Waals surface area contributed by atoms with Crippen LogP contribution in [0.5, 0.6) is 5.75 Å². The molecule has 1 heterocycles. The van der Waals surface area contributed by atoms with Crippen molar-refractivity contribution < 1.29 is 14.3 Å². The van der Waals surface area contributed by atoms with E-state index in [1.165, 1.54) is 11.8 Å². The molecule has 0 saturated carbocycles. The molecule has 1 aromatic rings. The second-order valence-corrected chi connectivity index (χ2v) is 5.03. The number of nitrogens with zero attached hydrogens (tertiary/aromatic N) is 1. The molecule has 0 aromatic heterocycles. The van der Waals surface area contributed by atoms with Crippen molar-refractivity contribution in [3.05, 3.63) is 24.3 Å². The van der Waals surface area contributed by atoms with Gasteiger partial charge in [-0.15, -0.1) is 11.8 Å². The number of amides is 2. The van der Waals surface area contributed by atoms with Crippen molar-refractivity contribution in [1.82, 2.24) is 4.90 Å². The molecule has 1 aromatic carbocycles. The zero-order valence-electron chi connectivity index (χ0n) is 10.7. The minimum Gasteiger partial charge on any atom is -0.494 e. The van der Waals surface area contributed by atoms with E-state index in [2.05, 4.69) is 5.32 Å². The lowest BCUT2D eigenvalue weighted by molar-refractivity contribution is -0.130. The first-order valence-electron chi connectivity index (χ1n) is 6.07. The van der Waals surface area contributed by atoms with Crippen LogP contribution in [0.1, 0.15) is 6.92 Å². The van der Waals surface area contributed by atoms with Crippen LogP contribution in [0.25, 0.3) is 0 Å². The van der Waals surface area contributed by atoms with E-state index in [1.54, 1.807) is 29.2 Å². The predicted molar refractivity (Wildman–Crippen MR) is 75.3 cm³/mol. The molecule has 1 N–H and O–H groups in total. The number of nitrogens with one attached hydrogen (secondary N) is 1. The normalized spacial score (nSPS) is 14.6. The predicted octanol–water partition coefficient (Wildman–Crippen LogP) is 1.56. The van der Waals surface area contributed by atoms with Crippen LogP contribution in [0.3, 0.4) is 0 Å². The molecule has 2 rings (SSSR count). The number of rotatable bonds is 5. The summed E-state index contributed by atoms with van der Waals surface area (Å²) in [5.74, 6) is 1.67. The van der Waals surface area contributed by atoms with E-state index in [1.807, 2.05) is 6.92 Å². The van der Waals surface area contributed by atoms with Gasteiger partial charge in [0, 0.05) is 5.69 Å². The maximum atomic E-state index is 11.8. The fourth-order valence-electron chi connectivity index (χ4n) is 1.72. The lowest BCUT2D eigenvalue weighted by Gasteiger charge is -2.14. The van der Waals surface area contributed by atoms with Crippen LogP contribution in [0, 0.1) is 0 Å². The molecular formula is C13H16N2O3S. The van der Waals surface area contributed by atoms with E-state index in [9.17, 15) is 9.59 Å². The van der Waals surface area contributed by atoms with Gasteiger partial charge in [-0.1, -0.05) is 0 Å². The Morgan fingerprint density at radius 1 is 1.42 bits per heavy atom. The third kappa shape index (κ3) is 3.89. The molecule has 0 radical (unpaired) electrons. The highest BCUT2D eigenvalue weighted by molar-refractivity contribution is 8.00. The Balaban J connectivity index is 1.86. The molecule has 5 nitrogen and oxygen atoms in total. The Hall–Kier alpha value is -1.69. The number of benzene rings is 1. The quantitative estimate of drug-likeness (QED) is 0.889. The van der Waals surface area contributed by atoms with Gasteiger partial charge < -0.3 is 15.0 Å². The molecule has 1 aliphatic rings. The summed E-state index contributed by atoms with van der Waals surface area (Å²) in [5, 5.41) is 2.76. The van der Waals surface area contributed by atoms with Gasteiger partial charge in [0.05, 0.1) is 18.2 Å². The lowest BCUT2D eigenvalue weighted by atomic mass is 10.3. The average Bonchev–Trinajstić information content (AvgIpc) is 2.78. The number of hydrogen-bond acceptors (Lipinski definition) is 4. The van der Waals surface area contributed by atoms with E-state index in [0.717, 1.165) is 5.75 Å². The number of carbonyl (C=O) groups is 2. The van der Waals surface area contributed by atoms with Crippen LogP contribution in [0.2, 0.25) is 0 Å². The Morgan fingerprint density at radius 2 is 2.16 bits per heavy atom. The van der Waals surface area contributed by atoms with Crippen molar-refractivity contribution in [3.8, 4) is 5.75 Å². The first kappa shape index (κ1) is 13.7. The second kappa shape index (κ2) is 6.47. The zero-order chi connectivity index (χ0) is 13.7. The van der Waals surface area contributed by atoms with Crippen LogP contribution in [0.15, 0.2) is 24.3 Å². The molecule has 0 atom stereocenters. The molecule has 0 aliphatic carbocycles. The van der Waals surface area contributed by atoms with E-state index < -0.39 is 0 Å². The van der Waals surface area contributed by atoms with E-state index in [-0.39, 0.29) is 18.4 Å². The maximum Gasteiger partial charge on any atom is 0.244 e. The molecule has 1 aliphatic heterocycles. The highest BCUT2D eigenvalue weighted by Gasteiger charge is 2.22. The van der Waals surface area contributed by atoms with E-state index in [4.69, 9.17) is 4.74 Å². The van der Waals surface area contributed by atoms with Gasteiger partial charge >= 0.3 is 0 Å². The molecular weight excluding hydrogens is 264 g/mol. The van der Waals surface area contributed by atoms with Gasteiger partial charge in [0.25, 0.3) is 0 Å². The highest BCUT2D eigenvalue weighted by atomic mass is 32.2. The standard InChI is InChI=1S/C13H16N2O3S/c1-2-18-11-5-3-10(4-6-11)14-12(16)7-15-9-19-8-13(15)17/h3-6H,2,7-9H2,1H3,(H,14,16). The summed E-state index contributed by atoms with van der Waals surface area (Å²) in [5.41, 5.74) is 0.702. The van der Waals surface area contributed by atoms with Gasteiger partial charge in [0.15, 0.2) is 0 Å². The van der Waals surface area contributed by atoms with Crippen molar-refractivity contribution in [1.29, 1.82) is 0 Å². The van der Waals surface area contributed by atoms with Gasteiger partial charge in [0.1, 0.15) is 12.3 Å². The van der Waals surface area contributed by atoms with Gasteiger partial charge in [-0.05, 0) is 31.2 Å². The summed E-state index contributed by atoms with van der Waals surface area (Å²) in [4.78, 5) is 24.7. The average molecular weight is 280 g/mol. The SMILES string of the molecule is CCOc1ccc(NC(=O)CN2CSCC2=O)cc1. The highest BCUT2D eigenvalue weighted by Crippen LogP contribution is 2.17. The Labute approximate surface area is 116 Å². The topological polar surface area (TPSA) is 58.6 Å². The smallest absolute Gasteiger partial charge is 0.244 e. The van der Waals surface area contributed by atoms with Gasteiger partial charge in [-0.25, -0.2) is 0 Å². The summed E-state index contributed by atoms with van der Waals surface area (Å²) in [7, 11) is 0. The van der Waals surface area contributed by atoms with Crippen molar-refractivity contribution in [2.75, 3.05) is 30.1 Å². The number of thioether (sulfide) groups is 1. The van der Waals surface area contributed by atoms with Gasteiger partial charge in [0.2, 0.25) is 11.8 Å². The van der Waals surface area contributed by atoms with Crippen molar-refractivity contribution in [3.63, 3.8) is 0 Å². The maximum absolute atomic E-state index is 11.8. The molecule has 102 valence electrons. The van der Waals surface area contributed by atoms with Crippen molar-refractivity contribution in [2.45, 2.75) is 6.92 Å². The molecule has 0 spiro atoms. The van der Waals surface area contributed by atoms with Gasteiger partial charge in [-0.2, -0.15) is 0 Å². The lowest BCUT2D eigenvalue weighted by Crippen LogP contribution is -2.34. The molecule has 19 heavy (non-hydrogen) atoms. The number of carbonyl (C=O) groups excluding carboxylic acids is 2. The number of hydrogen-bond donors (Lipinski definition) is 1. The molecule has 1 fully saturated rings. The third-order valence-corrected chi connectivity index (χ3v) is 3.55. The summed E-state index contributed by atoms with van der Waals surface area (Å²) in [6, 6.07) is 7.17. The Bertz CT molecular complexity index is 461. The minimum atomic E-state index is -0.181. The molecule has 1 saturated heterocycles. The first-order valence-corrected chi connectivity index (χ1v) is 7.22. The summed E-state index contributed by atoms with van der Waals surface area (Å²) >= 11 is 1.53. The summed E-state index contributed by atoms with van der Waals surface area (Å²) < 4.78 is 5.32. The van der Waals surface area contributed by atoms with Crippen LogP contribution in [-0.2, 0) is 9.59 Å². The molecule has 0 unspecified atom stereocenters. The van der Waals surface area contributed by atoms with Gasteiger partial charge in [-0.3, -0.25) is 9.59 Å². The largest absolute Gasteiger partial charge is 0.494 e. The Kier molecular flexibility index (Phi) is 4.68. The van der Waals surface area contributed by atoms with E-state index >= 15 is 0 Å². The number of anilines is 1. The molecule has 6 heteroatoms. The van der Waals surface area contributed by atoms with E-state index in [0.29, 0.717) is 23.9 Å². The molecule has 2 amide bonds. The fraction of sp³-hybridized carbons (Fsp3) is 0.385. The van der Waals surface area contributed by atoms with Crippen LogP contribution >= 0.6 is 11.8 Å². The Morgan fingerprint density at radius 3 is 2.74 bits per heavy atom. The van der Waals surface area contributed by atoms with Crippen LogP contribution in [-0.4, -0.2) is 41.5 Å². The minimum absolute atomic E-state index is 0.0202. The van der Waals surface area contributed by atoms with Crippen LogP contribution in [0.4, 0.5) is 5.69 Å². The summed E-state index contributed by atoms with van der Waals surface area (Å²) in [6.45, 7) is 2.64. The monoisotopic (exact) mass is 280 g/mol. The summed E-state index contributed by atoms with van der Waals surface area (Å²) in [6.07, 6.45) is 0. The van der Waals surface area contributed by atoms with Crippen molar-refractivity contribution in [2.24, 2.45) is 0 Å². The number of ether oxygens (including phenoxy) is 1. The molecule has 0 bridgehead atoms.